The van der Waals surface area contributed by atoms with E-state index in [1.54, 1.807) is 7.11 Å². The lowest BCUT2D eigenvalue weighted by Crippen LogP contribution is -2.25. The molecular formula is C13H24O3. The Bertz CT molecular complexity index is 207. The number of methoxy groups -OCH3 is 1. The molecule has 2 unspecified atom stereocenters. The van der Waals surface area contributed by atoms with E-state index in [9.17, 15) is 5.11 Å². The maximum absolute atomic E-state index is 9.52. The van der Waals surface area contributed by atoms with Crippen molar-refractivity contribution >= 4 is 0 Å². The third-order valence-corrected chi connectivity index (χ3v) is 4.21. The number of ether oxygens (including phenoxy) is 2. The second kappa shape index (κ2) is 5.48. The maximum Gasteiger partial charge on any atom is 0.0488 e. The lowest BCUT2D eigenvalue weighted by molar-refractivity contribution is 0.0455. The van der Waals surface area contributed by atoms with Gasteiger partial charge in [0.1, 0.15) is 0 Å². The number of hydrogen-bond acceptors (Lipinski definition) is 3. The molecule has 0 aromatic carbocycles. The van der Waals surface area contributed by atoms with Crippen LogP contribution in [0.15, 0.2) is 0 Å². The van der Waals surface area contributed by atoms with Crippen LogP contribution in [0, 0.1) is 17.3 Å². The van der Waals surface area contributed by atoms with Crippen LogP contribution in [0.25, 0.3) is 0 Å². The van der Waals surface area contributed by atoms with E-state index in [1.165, 1.54) is 19.3 Å². The third-order valence-electron chi connectivity index (χ3n) is 4.21. The summed E-state index contributed by atoms with van der Waals surface area (Å²) >= 11 is 0. The number of hydrogen-bond donors (Lipinski definition) is 1. The fourth-order valence-corrected chi connectivity index (χ4v) is 3.11. The van der Waals surface area contributed by atoms with Gasteiger partial charge in [0.05, 0.1) is 0 Å². The van der Waals surface area contributed by atoms with E-state index in [0.29, 0.717) is 6.61 Å². The Balaban J connectivity index is 1.57. The van der Waals surface area contributed by atoms with Gasteiger partial charge in [-0.3, -0.25) is 0 Å². The molecule has 0 bridgehead atoms. The molecule has 0 aromatic rings. The molecule has 2 saturated carbocycles. The van der Waals surface area contributed by atoms with Crippen molar-refractivity contribution < 1.29 is 14.6 Å². The van der Waals surface area contributed by atoms with Crippen LogP contribution < -0.4 is 0 Å². The van der Waals surface area contributed by atoms with Gasteiger partial charge in [-0.05, 0) is 49.4 Å². The van der Waals surface area contributed by atoms with Gasteiger partial charge in [-0.15, -0.1) is 0 Å². The Morgan fingerprint density at radius 1 is 1.19 bits per heavy atom. The van der Waals surface area contributed by atoms with Crippen molar-refractivity contribution in [2.45, 2.75) is 32.1 Å². The van der Waals surface area contributed by atoms with Gasteiger partial charge in [-0.25, -0.2) is 0 Å². The minimum absolute atomic E-state index is 0.203. The summed E-state index contributed by atoms with van der Waals surface area (Å²) in [4.78, 5) is 0. The summed E-state index contributed by atoms with van der Waals surface area (Å²) in [5.41, 5.74) is 0.203. The van der Waals surface area contributed by atoms with Gasteiger partial charge in [0.15, 0.2) is 0 Å². The zero-order valence-corrected chi connectivity index (χ0v) is 10.3. The van der Waals surface area contributed by atoms with Gasteiger partial charge in [-0.1, -0.05) is 0 Å². The molecule has 0 radical (unpaired) electrons. The van der Waals surface area contributed by atoms with E-state index >= 15 is 0 Å². The molecule has 2 rings (SSSR count). The summed E-state index contributed by atoms with van der Waals surface area (Å²) in [6, 6.07) is 0. The Kier molecular flexibility index (Phi) is 4.22. The molecule has 2 fully saturated rings. The summed E-state index contributed by atoms with van der Waals surface area (Å²) in [5, 5.41) is 9.52. The molecule has 3 nitrogen and oxygen atoms in total. The normalized spacial score (nSPS) is 36.4. The van der Waals surface area contributed by atoms with Gasteiger partial charge in [0, 0.05) is 33.5 Å². The zero-order chi connectivity index (χ0) is 11.4. The van der Waals surface area contributed by atoms with E-state index in [-0.39, 0.29) is 5.41 Å². The Morgan fingerprint density at radius 2 is 1.94 bits per heavy atom. The van der Waals surface area contributed by atoms with Crippen molar-refractivity contribution in [2.24, 2.45) is 17.3 Å². The first-order valence-corrected chi connectivity index (χ1v) is 6.47. The average molecular weight is 228 g/mol. The van der Waals surface area contributed by atoms with Crippen LogP contribution in [-0.2, 0) is 9.47 Å². The van der Waals surface area contributed by atoms with E-state index < -0.39 is 0 Å². The predicted molar refractivity (Wildman–Crippen MR) is 62.3 cm³/mol. The molecule has 0 saturated heterocycles. The van der Waals surface area contributed by atoms with Crippen molar-refractivity contribution in [1.29, 1.82) is 0 Å². The van der Waals surface area contributed by atoms with Crippen molar-refractivity contribution in [1.82, 2.24) is 0 Å². The molecule has 2 aliphatic carbocycles. The van der Waals surface area contributed by atoms with Crippen molar-refractivity contribution in [3.05, 3.63) is 0 Å². The smallest absolute Gasteiger partial charge is 0.0488 e. The average Bonchev–Trinajstić information content (AvgIpc) is 2.92. The van der Waals surface area contributed by atoms with Crippen molar-refractivity contribution in [2.75, 3.05) is 33.5 Å². The lowest BCUT2D eigenvalue weighted by Gasteiger charge is -2.28. The van der Waals surface area contributed by atoms with Crippen molar-refractivity contribution in [3.8, 4) is 0 Å². The third kappa shape index (κ3) is 2.96. The Labute approximate surface area is 98.1 Å². The molecule has 3 heteroatoms. The first kappa shape index (κ1) is 12.3. The molecule has 2 atom stereocenters. The van der Waals surface area contributed by atoms with Gasteiger partial charge in [-0.2, -0.15) is 0 Å². The molecule has 1 N–H and O–H groups in total. The van der Waals surface area contributed by atoms with E-state index in [4.69, 9.17) is 9.47 Å². The minimum Gasteiger partial charge on any atom is -0.396 e. The quantitative estimate of drug-likeness (QED) is 0.644. The van der Waals surface area contributed by atoms with Gasteiger partial charge in [0.2, 0.25) is 0 Å². The highest BCUT2D eigenvalue weighted by Gasteiger charge is 2.52. The summed E-state index contributed by atoms with van der Waals surface area (Å²) < 4.78 is 10.5. The van der Waals surface area contributed by atoms with Crippen LogP contribution in [0.3, 0.4) is 0 Å². The van der Waals surface area contributed by atoms with Crippen LogP contribution in [0.5, 0.6) is 0 Å². The SMILES string of the molecule is COCCCOCCC1(CO)CC2CC2C1. The fraction of sp³-hybridized carbons (Fsp3) is 1.00. The molecule has 0 amide bonds. The van der Waals surface area contributed by atoms with Crippen LogP contribution in [0.1, 0.15) is 32.1 Å². The molecule has 0 heterocycles. The number of aliphatic hydroxyl groups excluding tert-OH is 1. The highest BCUT2D eigenvalue weighted by Crippen LogP contribution is 2.60. The van der Waals surface area contributed by atoms with Crippen LogP contribution in [0.2, 0.25) is 0 Å². The van der Waals surface area contributed by atoms with E-state index in [2.05, 4.69) is 0 Å². The van der Waals surface area contributed by atoms with E-state index in [1.807, 2.05) is 0 Å². The predicted octanol–water partition coefficient (Wildman–Crippen LogP) is 1.84. The van der Waals surface area contributed by atoms with E-state index in [0.717, 1.165) is 44.5 Å². The minimum atomic E-state index is 0.203. The first-order valence-electron chi connectivity index (χ1n) is 6.47. The number of fused-ring (bicyclic) bond motifs is 1. The number of aliphatic hydroxyl groups is 1. The molecular weight excluding hydrogens is 204 g/mol. The molecule has 0 aromatic heterocycles. The molecule has 0 spiro atoms. The second-order valence-electron chi connectivity index (χ2n) is 5.53. The fourth-order valence-electron chi connectivity index (χ4n) is 3.11. The summed E-state index contributed by atoms with van der Waals surface area (Å²) in [6.45, 7) is 2.70. The summed E-state index contributed by atoms with van der Waals surface area (Å²) in [6.07, 6.45) is 5.87. The Hall–Kier alpha value is -0.120. The monoisotopic (exact) mass is 228 g/mol. The highest BCUT2D eigenvalue weighted by molar-refractivity contribution is 5.02. The zero-order valence-electron chi connectivity index (χ0n) is 10.3. The van der Waals surface area contributed by atoms with Crippen LogP contribution in [0.4, 0.5) is 0 Å². The highest BCUT2D eigenvalue weighted by atomic mass is 16.5. The summed E-state index contributed by atoms with van der Waals surface area (Å²) in [5.74, 6) is 1.86. The maximum atomic E-state index is 9.52. The molecule has 16 heavy (non-hydrogen) atoms. The first-order chi connectivity index (χ1) is 7.79. The molecule has 2 aliphatic rings. The van der Waals surface area contributed by atoms with Gasteiger partial charge < -0.3 is 14.6 Å². The molecule has 94 valence electrons. The van der Waals surface area contributed by atoms with Gasteiger partial charge in [0.25, 0.3) is 0 Å². The standard InChI is InChI=1S/C13H24O3/c1-15-4-2-5-16-6-3-13(10-14)8-11-7-12(11)9-13/h11-12,14H,2-10H2,1H3. The van der Waals surface area contributed by atoms with Crippen molar-refractivity contribution in [3.63, 3.8) is 0 Å². The Morgan fingerprint density at radius 3 is 2.56 bits per heavy atom. The number of rotatable bonds is 8. The van der Waals surface area contributed by atoms with Gasteiger partial charge >= 0.3 is 0 Å². The largest absolute Gasteiger partial charge is 0.396 e. The lowest BCUT2D eigenvalue weighted by atomic mass is 9.81. The van der Waals surface area contributed by atoms with Crippen LogP contribution >= 0.6 is 0 Å². The van der Waals surface area contributed by atoms with Crippen LogP contribution in [-0.4, -0.2) is 38.6 Å². The molecule has 0 aliphatic heterocycles. The second-order valence-corrected chi connectivity index (χ2v) is 5.53. The topological polar surface area (TPSA) is 38.7 Å². The summed E-state index contributed by atoms with van der Waals surface area (Å²) in [7, 11) is 1.71.